The molecule has 2 heterocycles. The monoisotopic (exact) mass is 432 g/mol. The van der Waals surface area contributed by atoms with Crippen molar-refractivity contribution in [3.8, 4) is 5.75 Å². The van der Waals surface area contributed by atoms with Crippen molar-refractivity contribution < 1.29 is 9.53 Å². The number of nitrogens with zero attached hydrogens (tertiary/aromatic N) is 1. The van der Waals surface area contributed by atoms with Crippen molar-refractivity contribution in [2.75, 3.05) is 19.0 Å². The number of anilines is 1. The van der Waals surface area contributed by atoms with Gasteiger partial charge in [-0.3, -0.25) is 9.79 Å². The van der Waals surface area contributed by atoms with Crippen molar-refractivity contribution >= 4 is 28.0 Å². The van der Waals surface area contributed by atoms with Crippen LogP contribution in [-0.4, -0.2) is 25.3 Å². The number of hydrogen-bond donors (Lipinski definition) is 1. The summed E-state index contributed by atoms with van der Waals surface area (Å²) in [5.74, 6) is 1.35. The molecule has 0 saturated heterocycles. The van der Waals surface area contributed by atoms with Crippen LogP contribution in [0.4, 0.5) is 5.00 Å². The van der Waals surface area contributed by atoms with Gasteiger partial charge in [0.05, 0.1) is 12.8 Å². The predicted octanol–water partition coefficient (Wildman–Crippen LogP) is 5.53. The van der Waals surface area contributed by atoms with Gasteiger partial charge in [-0.1, -0.05) is 50.2 Å². The van der Waals surface area contributed by atoms with Crippen LogP contribution in [0.5, 0.6) is 5.75 Å². The first-order valence-electron chi connectivity index (χ1n) is 10.7. The third-order valence-electron chi connectivity index (χ3n) is 5.36. The van der Waals surface area contributed by atoms with E-state index in [2.05, 4.69) is 54.5 Å². The Morgan fingerprint density at radius 1 is 1.03 bits per heavy atom. The molecule has 4 rings (SSSR count). The Bertz CT molecular complexity index is 1100. The van der Waals surface area contributed by atoms with Crippen LogP contribution in [0.1, 0.15) is 41.0 Å². The van der Waals surface area contributed by atoms with E-state index in [4.69, 9.17) is 4.74 Å². The summed E-state index contributed by atoms with van der Waals surface area (Å²) in [6.45, 7) is 4.61. The zero-order valence-corrected chi connectivity index (χ0v) is 19.1. The van der Waals surface area contributed by atoms with Crippen LogP contribution < -0.4 is 10.1 Å². The molecule has 1 aliphatic rings. The molecule has 3 aromatic rings. The maximum absolute atomic E-state index is 12.2. The van der Waals surface area contributed by atoms with E-state index < -0.39 is 0 Å². The van der Waals surface area contributed by atoms with E-state index in [1.807, 2.05) is 24.3 Å². The lowest BCUT2D eigenvalue weighted by atomic mass is 10.00. The van der Waals surface area contributed by atoms with Gasteiger partial charge in [-0.05, 0) is 54.5 Å². The molecule has 2 aromatic carbocycles. The lowest BCUT2D eigenvalue weighted by Gasteiger charge is -2.10. The van der Waals surface area contributed by atoms with Crippen molar-refractivity contribution in [2.24, 2.45) is 10.9 Å². The molecule has 160 valence electrons. The number of thiophene rings is 1. The lowest BCUT2D eigenvalue weighted by molar-refractivity contribution is -0.114. The predicted molar refractivity (Wildman–Crippen MR) is 129 cm³/mol. The number of carbonyl (C=O) groups is 1. The van der Waals surface area contributed by atoms with E-state index in [0.717, 1.165) is 46.9 Å². The highest BCUT2D eigenvalue weighted by Crippen LogP contribution is 2.34. The fourth-order valence-electron chi connectivity index (χ4n) is 3.89. The third kappa shape index (κ3) is 5.05. The number of methoxy groups -OCH3 is 1. The molecular weight excluding hydrogens is 404 g/mol. The molecule has 31 heavy (non-hydrogen) atoms. The van der Waals surface area contributed by atoms with Crippen LogP contribution in [0.2, 0.25) is 0 Å². The van der Waals surface area contributed by atoms with Gasteiger partial charge in [-0.2, -0.15) is 0 Å². The Hall–Kier alpha value is -2.92. The summed E-state index contributed by atoms with van der Waals surface area (Å²) in [6.07, 6.45) is 3.01. The van der Waals surface area contributed by atoms with Gasteiger partial charge in [-0.25, -0.2) is 0 Å². The van der Waals surface area contributed by atoms with Crippen LogP contribution in [-0.2, 0) is 24.1 Å². The normalized spacial score (nSPS) is 13.4. The lowest BCUT2D eigenvalue weighted by Crippen LogP contribution is -2.12. The van der Waals surface area contributed by atoms with Crippen LogP contribution in [0.25, 0.3) is 0 Å². The molecule has 0 saturated carbocycles. The van der Waals surface area contributed by atoms with Gasteiger partial charge in [0, 0.05) is 16.0 Å². The number of ether oxygens (including phenoxy) is 1. The van der Waals surface area contributed by atoms with E-state index in [1.165, 1.54) is 16.0 Å². The molecule has 0 spiro atoms. The quantitative estimate of drug-likeness (QED) is 0.534. The first kappa shape index (κ1) is 21.3. The Labute approximate surface area is 188 Å². The molecule has 5 heteroatoms. The summed E-state index contributed by atoms with van der Waals surface area (Å²) in [6, 6.07) is 19.0. The van der Waals surface area contributed by atoms with Gasteiger partial charge in [0.1, 0.15) is 17.3 Å². The summed E-state index contributed by atoms with van der Waals surface area (Å²) < 4.78 is 5.54. The smallest absolute Gasteiger partial charge is 0.246 e. The fourth-order valence-corrected chi connectivity index (χ4v) is 4.96. The van der Waals surface area contributed by atoms with Crippen molar-refractivity contribution in [2.45, 2.75) is 33.1 Å². The first-order valence-corrected chi connectivity index (χ1v) is 11.5. The van der Waals surface area contributed by atoms with Gasteiger partial charge in [0.2, 0.25) is 5.91 Å². The van der Waals surface area contributed by atoms with Crippen molar-refractivity contribution in [1.29, 1.82) is 0 Å². The summed E-state index contributed by atoms with van der Waals surface area (Å²) in [5.41, 5.74) is 5.42. The highest BCUT2D eigenvalue weighted by atomic mass is 32.1. The van der Waals surface area contributed by atoms with Gasteiger partial charge >= 0.3 is 0 Å². The highest BCUT2D eigenvalue weighted by molar-refractivity contribution is 7.16. The largest absolute Gasteiger partial charge is 0.496 e. The van der Waals surface area contributed by atoms with Gasteiger partial charge < -0.3 is 10.1 Å². The zero-order chi connectivity index (χ0) is 21.8. The summed E-state index contributed by atoms with van der Waals surface area (Å²) in [5, 5.41) is 3.90. The number of aryl methyl sites for hydroxylation is 2. The van der Waals surface area contributed by atoms with Crippen molar-refractivity contribution in [1.82, 2.24) is 0 Å². The number of amides is 1. The van der Waals surface area contributed by atoms with Crippen molar-refractivity contribution in [3.63, 3.8) is 0 Å². The van der Waals surface area contributed by atoms with Gasteiger partial charge in [0.25, 0.3) is 0 Å². The second kappa shape index (κ2) is 9.48. The van der Waals surface area contributed by atoms with E-state index >= 15 is 0 Å². The standard InChI is InChI=1S/C26H28N2O2S/c1-17(2)14-19-10-8-18(9-11-19)12-13-20-15-22-25(21-6-4-5-7-23(21)30-3)27-16-24(29)28-26(22)31-20/h4-11,15,17H,12-14,16H2,1-3H3,(H,28,29). The Kier molecular flexibility index (Phi) is 6.52. The average molecular weight is 433 g/mol. The Morgan fingerprint density at radius 3 is 2.52 bits per heavy atom. The first-order chi connectivity index (χ1) is 15.0. The third-order valence-corrected chi connectivity index (χ3v) is 6.47. The minimum Gasteiger partial charge on any atom is -0.496 e. The second-order valence-corrected chi connectivity index (χ2v) is 9.42. The minimum absolute atomic E-state index is 0.0831. The molecule has 0 atom stereocenters. The molecule has 0 radical (unpaired) electrons. The van der Waals surface area contributed by atoms with Crippen LogP contribution in [0, 0.1) is 5.92 Å². The zero-order valence-electron chi connectivity index (χ0n) is 18.3. The van der Waals surface area contributed by atoms with Crippen LogP contribution in [0.3, 0.4) is 0 Å². The number of nitrogens with one attached hydrogen (secondary N) is 1. The molecule has 1 aromatic heterocycles. The number of para-hydroxylation sites is 1. The number of carbonyl (C=O) groups excluding carboxylic acids is 1. The van der Waals surface area contributed by atoms with E-state index in [1.54, 1.807) is 18.4 Å². The minimum atomic E-state index is -0.0831. The second-order valence-electron chi connectivity index (χ2n) is 8.28. The molecule has 1 aliphatic heterocycles. The number of hydrogen-bond acceptors (Lipinski definition) is 4. The van der Waals surface area contributed by atoms with Crippen LogP contribution in [0.15, 0.2) is 59.6 Å². The van der Waals surface area contributed by atoms with Crippen LogP contribution >= 0.6 is 11.3 Å². The van der Waals surface area contributed by atoms with E-state index in [-0.39, 0.29) is 12.5 Å². The number of rotatable bonds is 7. The maximum atomic E-state index is 12.2. The fraction of sp³-hybridized carbons (Fsp3) is 0.308. The number of aliphatic imine (C=N–C) groups is 1. The van der Waals surface area contributed by atoms with Gasteiger partial charge in [-0.15, -0.1) is 11.3 Å². The molecule has 0 bridgehead atoms. The van der Waals surface area contributed by atoms with E-state index in [0.29, 0.717) is 5.92 Å². The topological polar surface area (TPSA) is 50.7 Å². The molecular formula is C26H28N2O2S. The molecule has 0 unspecified atom stereocenters. The Balaban J connectivity index is 1.56. The Morgan fingerprint density at radius 2 is 1.77 bits per heavy atom. The maximum Gasteiger partial charge on any atom is 0.246 e. The summed E-state index contributed by atoms with van der Waals surface area (Å²) >= 11 is 1.64. The summed E-state index contributed by atoms with van der Waals surface area (Å²) in [7, 11) is 1.66. The highest BCUT2D eigenvalue weighted by Gasteiger charge is 2.23. The molecule has 1 amide bonds. The molecule has 0 aliphatic carbocycles. The SMILES string of the molecule is COc1ccccc1C1=NCC(=O)Nc2sc(CCc3ccc(CC(C)C)cc3)cc21. The average Bonchev–Trinajstić information content (AvgIpc) is 3.08. The van der Waals surface area contributed by atoms with Crippen molar-refractivity contribution in [3.05, 3.63) is 81.7 Å². The number of benzene rings is 2. The molecule has 1 N–H and O–H groups in total. The number of fused-ring (bicyclic) bond motifs is 1. The summed E-state index contributed by atoms with van der Waals surface area (Å²) in [4.78, 5) is 18.1. The van der Waals surface area contributed by atoms with E-state index in [9.17, 15) is 4.79 Å². The van der Waals surface area contributed by atoms with Gasteiger partial charge in [0.15, 0.2) is 0 Å². The molecule has 4 nitrogen and oxygen atoms in total. The molecule has 0 fully saturated rings.